The fraction of sp³-hybridized carbons (Fsp3) is 0.167. The number of carbonyl (C=O) groups excluding carboxylic acids is 1. The lowest BCUT2D eigenvalue weighted by atomic mass is 10.3. The van der Waals surface area contributed by atoms with Gasteiger partial charge in [-0.3, -0.25) is 4.79 Å². The van der Waals surface area contributed by atoms with Crippen LogP contribution in [0.5, 0.6) is 0 Å². The summed E-state index contributed by atoms with van der Waals surface area (Å²) in [5.74, 6) is -0.251. The van der Waals surface area contributed by atoms with Crippen molar-refractivity contribution in [2.75, 3.05) is 6.54 Å². The fourth-order valence-corrected chi connectivity index (χ4v) is 2.41. The highest BCUT2D eigenvalue weighted by Gasteiger charge is 2.18. The zero-order chi connectivity index (χ0) is 9.30. The molecular weight excluding hydrogens is 240 g/mol. The molecule has 12 heavy (non-hydrogen) atoms. The van der Waals surface area contributed by atoms with Crippen molar-refractivity contribution < 1.29 is 4.79 Å². The van der Waals surface area contributed by atoms with E-state index >= 15 is 0 Å². The number of hydrogen-bond acceptors (Lipinski definition) is 3. The molecule has 1 rings (SSSR count). The van der Waals surface area contributed by atoms with Gasteiger partial charge in [-0.1, -0.05) is 34.8 Å². The van der Waals surface area contributed by atoms with E-state index in [4.69, 9.17) is 40.5 Å². The van der Waals surface area contributed by atoms with Crippen LogP contribution in [0.15, 0.2) is 0 Å². The molecule has 0 spiro atoms. The molecule has 0 unspecified atom stereocenters. The highest BCUT2D eigenvalue weighted by Crippen LogP contribution is 2.40. The summed E-state index contributed by atoms with van der Waals surface area (Å²) < 4.78 is 0.318. The number of nitrogens with two attached hydrogens (primary N) is 1. The standard InChI is InChI=1S/C6H4Cl3NOS/c7-3-4(8)6(9)12-5(3)2(11)1-10/h1,10H2. The van der Waals surface area contributed by atoms with Gasteiger partial charge in [0.25, 0.3) is 0 Å². The van der Waals surface area contributed by atoms with Crippen LogP contribution in [0, 0.1) is 0 Å². The number of carbonyl (C=O) groups is 1. The molecule has 1 aromatic rings. The van der Waals surface area contributed by atoms with Crippen LogP contribution < -0.4 is 5.73 Å². The fourth-order valence-electron chi connectivity index (χ4n) is 0.637. The molecule has 0 saturated carbocycles. The number of hydrogen-bond donors (Lipinski definition) is 1. The van der Waals surface area contributed by atoms with Gasteiger partial charge < -0.3 is 5.73 Å². The Kier molecular flexibility index (Phi) is 3.37. The third kappa shape index (κ3) is 1.75. The zero-order valence-corrected chi connectivity index (χ0v) is 8.82. The van der Waals surface area contributed by atoms with Crippen molar-refractivity contribution in [3.05, 3.63) is 19.3 Å². The SMILES string of the molecule is NCC(=O)c1sc(Cl)c(Cl)c1Cl. The maximum atomic E-state index is 11.1. The average molecular weight is 245 g/mol. The highest BCUT2D eigenvalue weighted by molar-refractivity contribution is 7.19. The third-order valence-corrected chi connectivity index (χ3v) is 3.81. The summed E-state index contributed by atoms with van der Waals surface area (Å²) in [5, 5.41) is 0.419. The Labute approximate surface area is 88.2 Å². The van der Waals surface area contributed by atoms with E-state index in [0.717, 1.165) is 11.3 Å². The number of thiophene rings is 1. The van der Waals surface area contributed by atoms with Crippen molar-refractivity contribution in [2.45, 2.75) is 0 Å². The molecule has 2 N–H and O–H groups in total. The van der Waals surface area contributed by atoms with E-state index < -0.39 is 0 Å². The van der Waals surface area contributed by atoms with Gasteiger partial charge in [0.2, 0.25) is 0 Å². The summed E-state index contributed by atoms with van der Waals surface area (Å²) in [6.07, 6.45) is 0. The van der Waals surface area contributed by atoms with Crippen molar-refractivity contribution in [1.29, 1.82) is 0 Å². The predicted octanol–water partition coefficient (Wildman–Crippen LogP) is 2.85. The summed E-state index contributed by atoms with van der Waals surface area (Å²) in [6, 6.07) is 0. The molecule has 0 aliphatic carbocycles. The minimum absolute atomic E-state index is 0.0904. The van der Waals surface area contributed by atoms with E-state index in [1.807, 2.05) is 0 Å². The van der Waals surface area contributed by atoms with Crippen LogP contribution >= 0.6 is 46.1 Å². The molecule has 0 saturated heterocycles. The van der Waals surface area contributed by atoms with Crippen LogP contribution in [-0.4, -0.2) is 12.3 Å². The molecule has 66 valence electrons. The first kappa shape index (κ1) is 10.3. The van der Waals surface area contributed by atoms with Crippen LogP contribution in [-0.2, 0) is 0 Å². The molecule has 0 atom stereocenters. The lowest BCUT2D eigenvalue weighted by Crippen LogP contribution is -2.12. The molecule has 6 heteroatoms. The monoisotopic (exact) mass is 243 g/mol. The molecule has 1 heterocycles. The molecule has 1 aromatic heterocycles. The largest absolute Gasteiger partial charge is 0.324 e. The Bertz CT molecular complexity index is 323. The van der Waals surface area contributed by atoms with Crippen molar-refractivity contribution in [1.82, 2.24) is 0 Å². The van der Waals surface area contributed by atoms with Gasteiger partial charge in [0.15, 0.2) is 5.78 Å². The second-order valence-electron chi connectivity index (χ2n) is 1.96. The summed E-state index contributed by atoms with van der Waals surface area (Å²) in [4.78, 5) is 11.4. The van der Waals surface area contributed by atoms with Crippen LogP contribution in [0.25, 0.3) is 0 Å². The smallest absolute Gasteiger partial charge is 0.187 e. The first-order valence-corrected chi connectivity index (χ1v) is 4.89. The Morgan fingerprint density at radius 2 is 1.92 bits per heavy atom. The van der Waals surface area contributed by atoms with Gasteiger partial charge in [0, 0.05) is 0 Å². The molecule has 0 fully saturated rings. The number of rotatable bonds is 2. The number of ketones is 1. The van der Waals surface area contributed by atoms with E-state index in [9.17, 15) is 4.79 Å². The molecule has 0 radical (unpaired) electrons. The molecule has 2 nitrogen and oxygen atoms in total. The summed E-state index contributed by atoms with van der Waals surface area (Å²) >= 11 is 18.0. The minimum Gasteiger partial charge on any atom is -0.324 e. The Morgan fingerprint density at radius 1 is 1.33 bits per heavy atom. The third-order valence-electron chi connectivity index (χ3n) is 1.19. The first-order valence-electron chi connectivity index (χ1n) is 2.94. The second-order valence-corrected chi connectivity index (χ2v) is 4.34. The van der Waals surface area contributed by atoms with Gasteiger partial charge in [-0.25, -0.2) is 0 Å². The van der Waals surface area contributed by atoms with Crippen molar-refractivity contribution in [3.63, 3.8) is 0 Å². The maximum absolute atomic E-state index is 11.1. The van der Waals surface area contributed by atoms with E-state index in [0.29, 0.717) is 9.21 Å². The molecular formula is C6H4Cl3NOS. The number of Topliss-reactive ketones (excluding diaryl/α,β-unsaturated/α-hetero) is 1. The van der Waals surface area contributed by atoms with Crippen molar-refractivity contribution in [2.24, 2.45) is 5.73 Å². The maximum Gasteiger partial charge on any atom is 0.187 e. The van der Waals surface area contributed by atoms with Gasteiger partial charge in [-0.15, -0.1) is 11.3 Å². The Balaban J connectivity index is 3.17. The molecule has 0 aliphatic rings. The Morgan fingerprint density at radius 3 is 2.25 bits per heavy atom. The molecule has 0 amide bonds. The second kappa shape index (κ2) is 3.94. The van der Waals surface area contributed by atoms with E-state index in [1.54, 1.807) is 0 Å². The van der Waals surface area contributed by atoms with E-state index in [-0.39, 0.29) is 22.4 Å². The van der Waals surface area contributed by atoms with Gasteiger partial charge >= 0.3 is 0 Å². The van der Waals surface area contributed by atoms with Gasteiger partial charge in [0.1, 0.15) is 4.34 Å². The quantitative estimate of drug-likeness (QED) is 0.813. The molecule has 0 aliphatic heterocycles. The minimum atomic E-state index is -0.251. The molecule has 0 aromatic carbocycles. The van der Waals surface area contributed by atoms with Crippen LogP contribution in [0.1, 0.15) is 9.67 Å². The van der Waals surface area contributed by atoms with Crippen LogP contribution in [0.3, 0.4) is 0 Å². The van der Waals surface area contributed by atoms with Crippen LogP contribution in [0.2, 0.25) is 14.4 Å². The van der Waals surface area contributed by atoms with Crippen LogP contribution in [0.4, 0.5) is 0 Å². The lowest BCUT2D eigenvalue weighted by Gasteiger charge is -1.91. The highest BCUT2D eigenvalue weighted by atomic mass is 35.5. The normalized spacial score (nSPS) is 10.3. The van der Waals surface area contributed by atoms with Gasteiger partial charge in [-0.05, 0) is 0 Å². The predicted molar refractivity (Wildman–Crippen MR) is 52.7 cm³/mol. The van der Waals surface area contributed by atoms with E-state index in [1.165, 1.54) is 0 Å². The average Bonchev–Trinajstić information content (AvgIpc) is 2.32. The van der Waals surface area contributed by atoms with Gasteiger partial charge in [0.05, 0.1) is 21.5 Å². The Hall–Kier alpha value is 0.200. The van der Waals surface area contributed by atoms with E-state index in [2.05, 4.69) is 0 Å². The van der Waals surface area contributed by atoms with Crippen molar-refractivity contribution in [3.8, 4) is 0 Å². The zero-order valence-electron chi connectivity index (χ0n) is 5.73. The van der Waals surface area contributed by atoms with Gasteiger partial charge in [-0.2, -0.15) is 0 Å². The summed E-state index contributed by atoms with van der Waals surface area (Å²) in [7, 11) is 0. The molecule has 0 bridgehead atoms. The first-order chi connectivity index (χ1) is 5.57. The van der Waals surface area contributed by atoms with Crippen molar-refractivity contribution >= 4 is 51.9 Å². The number of halogens is 3. The topological polar surface area (TPSA) is 43.1 Å². The lowest BCUT2D eigenvalue weighted by molar-refractivity contribution is 0.101. The summed E-state index contributed by atoms with van der Waals surface area (Å²) in [5.41, 5.74) is 5.14. The summed E-state index contributed by atoms with van der Waals surface area (Å²) in [6.45, 7) is -0.0904.